The summed E-state index contributed by atoms with van der Waals surface area (Å²) in [4.78, 5) is 43.2. The predicted molar refractivity (Wildman–Crippen MR) is 126 cm³/mol. The van der Waals surface area contributed by atoms with Gasteiger partial charge in [0.25, 0.3) is 5.91 Å². The molecule has 0 spiro atoms. The molecule has 0 unspecified atom stereocenters. The van der Waals surface area contributed by atoms with Crippen LogP contribution in [0.1, 0.15) is 38.1 Å². The summed E-state index contributed by atoms with van der Waals surface area (Å²) < 4.78 is 37.9. The maximum absolute atomic E-state index is 12.8. The van der Waals surface area contributed by atoms with Gasteiger partial charge in [0.2, 0.25) is 5.91 Å². The minimum absolute atomic E-state index is 0. The number of nitrogens with one attached hydrogen (secondary N) is 3. The van der Waals surface area contributed by atoms with Gasteiger partial charge >= 0.3 is 6.18 Å². The Hall–Kier alpha value is -3.41. The summed E-state index contributed by atoms with van der Waals surface area (Å²) in [6, 6.07) is 2.28. The molecule has 35 heavy (non-hydrogen) atoms. The zero-order valence-corrected chi connectivity index (χ0v) is 19.5. The van der Waals surface area contributed by atoms with Gasteiger partial charge < -0.3 is 20.5 Å². The second kappa shape index (κ2) is 10.1. The average Bonchev–Trinajstić information content (AvgIpc) is 3.47. The van der Waals surface area contributed by atoms with Gasteiger partial charge in [-0.3, -0.25) is 9.59 Å². The SMILES string of the molecule is CCCNC(=O)c1cc(N2CCC[C@@H]2C(=O)NCC(F)(F)F)nc(-c2c[nH]c3ncc(Cl)cc23)n1.[HH]. The van der Waals surface area contributed by atoms with E-state index in [9.17, 15) is 22.8 Å². The smallest absolute Gasteiger partial charge is 0.351 e. The van der Waals surface area contributed by atoms with Gasteiger partial charge in [0.1, 0.15) is 29.7 Å². The number of anilines is 1. The van der Waals surface area contributed by atoms with Crippen LogP contribution in [0.3, 0.4) is 0 Å². The van der Waals surface area contributed by atoms with Gasteiger partial charge in [0.05, 0.1) is 5.02 Å². The number of carbonyl (C=O) groups excluding carboxylic acids is 2. The molecule has 3 aromatic rings. The number of H-pyrrole nitrogens is 1. The molecule has 4 rings (SSSR count). The van der Waals surface area contributed by atoms with Gasteiger partial charge in [-0.15, -0.1) is 0 Å². The molecule has 1 aliphatic heterocycles. The Labute approximate surface area is 205 Å². The van der Waals surface area contributed by atoms with E-state index in [4.69, 9.17) is 11.6 Å². The highest BCUT2D eigenvalue weighted by molar-refractivity contribution is 6.31. The minimum Gasteiger partial charge on any atom is -0.351 e. The van der Waals surface area contributed by atoms with Crippen LogP contribution in [0.2, 0.25) is 5.02 Å². The van der Waals surface area contributed by atoms with Crippen LogP contribution in [0.5, 0.6) is 0 Å². The first-order valence-electron chi connectivity index (χ1n) is 11.1. The standard InChI is InChI=1S/C22H23ClF3N7O2.H2/c1-2-5-27-20(34)15-8-17(33-6-3-4-16(33)21(35)30-11-22(24,25)26)32-19(31-15)14-10-29-18-13(14)7-12(23)9-28-18;/h7-10,16H,2-6,11H2,1H3,(H,27,34)(H,28,29)(H,30,35);1H/t16-;/m1./s1. The van der Waals surface area contributed by atoms with Crippen LogP contribution in [0, 0.1) is 0 Å². The predicted octanol–water partition coefficient (Wildman–Crippen LogP) is 3.71. The number of hydrogen-bond donors (Lipinski definition) is 3. The lowest BCUT2D eigenvalue weighted by Gasteiger charge is -2.25. The molecule has 9 nitrogen and oxygen atoms in total. The van der Waals surface area contributed by atoms with E-state index < -0.39 is 30.6 Å². The second-order valence-corrected chi connectivity index (χ2v) is 8.56. The number of carbonyl (C=O) groups is 2. The monoisotopic (exact) mass is 511 g/mol. The molecular formula is C22H25ClF3N7O2. The number of aromatic amines is 1. The number of rotatable bonds is 7. The van der Waals surface area contributed by atoms with Crippen LogP contribution in [-0.2, 0) is 4.79 Å². The van der Waals surface area contributed by atoms with Crippen molar-refractivity contribution in [3.63, 3.8) is 0 Å². The van der Waals surface area contributed by atoms with E-state index in [1.54, 1.807) is 17.2 Å². The molecule has 2 amide bonds. The lowest BCUT2D eigenvalue weighted by molar-refractivity contribution is -0.139. The molecule has 0 radical (unpaired) electrons. The third-order valence-electron chi connectivity index (χ3n) is 5.53. The summed E-state index contributed by atoms with van der Waals surface area (Å²) in [6.07, 6.45) is 0.255. The topological polar surface area (TPSA) is 116 Å². The Morgan fingerprint density at radius 2 is 2.09 bits per heavy atom. The molecule has 0 aromatic carbocycles. The lowest BCUT2D eigenvalue weighted by Crippen LogP contribution is -2.46. The molecule has 1 fully saturated rings. The van der Waals surface area contributed by atoms with Crippen molar-refractivity contribution in [3.8, 4) is 11.4 Å². The van der Waals surface area contributed by atoms with E-state index in [1.165, 1.54) is 12.3 Å². The Balaban J connectivity index is 0.00000361. The molecule has 1 saturated heterocycles. The first-order valence-corrected chi connectivity index (χ1v) is 11.5. The molecule has 13 heteroatoms. The summed E-state index contributed by atoms with van der Waals surface area (Å²) in [5, 5.41) is 5.74. The van der Waals surface area contributed by atoms with E-state index in [0.29, 0.717) is 47.6 Å². The van der Waals surface area contributed by atoms with Crippen LogP contribution in [-0.4, -0.2) is 63.6 Å². The fraction of sp³-hybridized carbons (Fsp3) is 0.409. The maximum atomic E-state index is 12.8. The van der Waals surface area contributed by atoms with Crippen LogP contribution < -0.4 is 15.5 Å². The highest BCUT2D eigenvalue weighted by Crippen LogP contribution is 2.31. The normalized spacial score (nSPS) is 16.0. The molecule has 188 valence electrons. The molecule has 0 aliphatic carbocycles. The molecular weight excluding hydrogens is 487 g/mol. The molecule has 0 bridgehead atoms. The first-order chi connectivity index (χ1) is 16.7. The number of pyridine rings is 1. The first kappa shape index (κ1) is 24.7. The van der Waals surface area contributed by atoms with Crippen LogP contribution in [0.4, 0.5) is 19.0 Å². The third kappa shape index (κ3) is 5.64. The molecule has 1 aliphatic rings. The Morgan fingerprint density at radius 1 is 1.29 bits per heavy atom. The lowest BCUT2D eigenvalue weighted by atomic mass is 10.2. The van der Waals surface area contributed by atoms with Gasteiger partial charge in [-0.1, -0.05) is 18.5 Å². The number of hydrogen-bond acceptors (Lipinski definition) is 6. The molecule has 4 heterocycles. The number of nitrogens with zero attached hydrogens (tertiary/aromatic N) is 4. The van der Waals surface area contributed by atoms with Gasteiger partial charge in [0.15, 0.2) is 5.82 Å². The molecule has 3 aromatic heterocycles. The Bertz CT molecular complexity index is 1250. The van der Waals surface area contributed by atoms with Crippen molar-refractivity contribution in [1.82, 2.24) is 30.6 Å². The van der Waals surface area contributed by atoms with Gasteiger partial charge in [-0.2, -0.15) is 13.2 Å². The summed E-state index contributed by atoms with van der Waals surface area (Å²) >= 11 is 6.11. The summed E-state index contributed by atoms with van der Waals surface area (Å²) in [6.45, 7) is 1.32. The number of fused-ring (bicyclic) bond motifs is 1. The Kier molecular flexibility index (Phi) is 7.10. The molecule has 1 atom stereocenters. The van der Waals surface area contributed by atoms with Crippen molar-refractivity contribution in [1.29, 1.82) is 0 Å². The summed E-state index contributed by atoms with van der Waals surface area (Å²) in [5.74, 6) is -0.712. The molecule has 3 N–H and O–H groups in total. The van der Waals surface area contributed by atoms with E-state index in [2.05, 4.69) is 25.3 Å². The number of amides is 2. The number of aromatic nitrogens is 4. The maximum Gasteiger partial charge on any atom is 0.405 e. The number of halogens is 4. The van der Waals surface area contributed by atoms with Crippen molar-refractivity contribution in [2.45, 2.75) is 38.4 Å². The van der Waals surface area contributed by atoms with Crippen molar-refractivity contribution < 1.29 is 24.2 Å². The van der Waals surface area contributed by atoms with Crippen molar-refractivity contribution in [3.05, 3.63) is 35.2 Å². The second-order valence-electron chi connectivity index (χ2n) is 8.13. The van der Waals surface area contributed by atoms with E-state index in [0.717, 1.165) is 6.42 Å². The van der Waals surface area contributed by atoms with E-state index in [1.807, 2.05) is 12.2 Å². The number of alkyl halides is 3. The minimum atomic E-state index is -4.52. The Morgan fingerprint density at radius 3 is 2.83 bits per heavy atom. The van der Waals surface area contributed by atoms with Crippen LogP contribution >= 0.6 is 11.6 Å². The van der Waals surface area contributed by atoms with Gasteiger partial charge in [-0.25, -0.2) is 15.0 Å². The highest BCUT2D eigenvalue weighted by Gasteiger charge is 2.35. The zero-order valence-electron chi connectivity index (χ0n) is 18.7. The van der Waals surface area contributed by atoms with Crippen LogP contribution in [0.15, 0.2) is 24.5 Å². The van der Waals surface area contributed by atoms with Crippen molar-refractivity contribution in [2.75, 3.05) is 24.5 Å². The fourth-order valence-electron chi connectivity index (χ4n) is 3.93. The van der Waals surface area contributed by atoms with E-state index in [-0.39, 0.29) is 18.8 Å². The summed E-state index contributed by atoms with van der Waals surface area (Å²) in [5.41, 5.74) is 1.16. The fourth-order valence-corrected chi connectivity index (χ4v) is 4.09. The van der Waals surface area contributed by atoms with Crippen molar-refractivity contribution in [2.24, 2.45) is 0 Å². The summed E-state index contributed by atoms with van der Waals surface area (Å²) in [7, 11) is 0. The highest BCUT2D eigenvalue weighted by atomic mass is 35.5. The zero-order chi connectivity index (χ0) is 25.2. The van der Waals surface area contributed by atoms with Crippen molar-refractivity contribution >= 4 is 40.3 Å². The average molecular weight is 512 g/mol. The largest absolute Gasteiger partial charge is 0.405 e. The van der Waals surface area contributed by atoms with Gasteiger partial charge in [0, 0.05) is 43.9 Å². The molecule has 0 saturated carbocycles. The third-order valence-corrected chi connectivity index (χ3v) is 5.74. The van der Waals surface area contributed by atoms with Crippen LogP contribution in [0.25, 0.3) is 22.4 Å². The van der Waals surface area contributed by atoms with Gasteiger partial charge in [-0.05, 0) is 25.3 Å². The van der Waals surface area contributed by atoms with E-state index >= 15 is 0 Å². The quantitative estimate of drug-likeness (QED) is 0.445.